The van der Waals surface area contributed by atoms with Crippen molar-refractivity contribution in [2.45, 2.75) is 43.8 Å². The van der Waals surface area contributed by atoms with E-state index < -0.39 is 42.7 Å². The topological polar surface area (TPSA) is 105 Å². The quantitative estimate of drug-likeness (QED) is 0.475. The number of aliphatic hydroxyl groups is 2. The molecule has 0 saturated carbocycles. The summed E-state index contributed by atoms with van der Waals surface area (Å²) in [6, 6.07) is 0. The number of hydrogen-bond acceptors (Lipinski definition) is 5. The van der Waals surface area contributed by atoms with Gasteiger partial charge in [0, 0.05) is 11.8 Å². The third-order valence-electron chi connectivity index (χ3n) is 4.29. The van der Waals surface area contributed by atoms with E-state index in [0.29, 0.717) is 24.8 Å². The van der Waals surface area contributed by atoms with E-state index in [1.165, 1.54) is 6.20 Å². The molecule has 0 unspecified atom stereocenters. The monoisotopic (exact) mass is 370 g/mol. The first-order chi connectivity index (χ1) is 11.6. The second-order valence-corrected chi connectivity index (χ2v) is 11.5. The van der Waals surface area contributed by atoms with Crippen LogP contribution in [-0.2, 0) is 11.2 Å². The number of aliphatic hydroxyl groups excluding tert-OH is 2. The summed E-state index contributed by atoms with van der Waals surface area (Å²) >= 11 is 0. The van der Waals surface area contributed by atoms with Crippen molar-refractivity contribution in [1.82, 2.24) is 9.55 Å². The van der Waals surface area contributed by atoms with Crippen molar-refractivity contribution in [1.29, 1.82) is 0 Å². The SMILES string of the molecule is C=CCCc1cn([C@@H]2O[C@H](CCP(=C)(C)C)[C@@H](O)[C@H]2O)c(=O)[nH]c1=O. The number of nitrogens with zero attached hydrogens (tertiary/aromatic N) is 1. The molecule has 0 aliphatic carbocycles. The van der Waals surface area contributed by atoms with Crippen molar-refractivity contribution < 1.29 is 14.9 Å². The zero-order valence-electron chi connectivity index (χ0n) is 14.7. The number of allylic oxidation sites excluding steroid dienone is 1. The van der Waals surface area contributed by atoms with Crippen molar-refractivity contribution in [2.75, 3.05) is 19.5 Å². The summed E-state index contributed by atoms with van der Waals surface area (Å²) in [7, 11) is 0. The maximum absolute atomic E-state index is 12.1. The second kappa shape index (κ2) is 7.87. The van der Waals surface area contributed by atoms with Gasteiger partial charge >= 0.3 is 5.69 Å². The Morgan fingerprint density at radius 2 is 2.04 bits per heavy atom. The first-order valence-electron chi connectivity index (χ1n) is 8.28. The Kier molecular flexibility index (Phi) is 6.27. The number of nitrogens with one attached hydrogen (secondary N) is 1. The average molecular weight is 370 g/mol. The van der Waals surface area contributed by atoms with Gasteiger partial charge in [-0.25, -0.2) is 4.79 Å². The van der Waals surface area contributed by atoms with Crippen molar-refractivity contribution in [2.24, 2.45) is 0 Å². The predicted molar refractivity (Wildman–Crippen MR) is 101 cm³/mol. The highest BCUT2D eigenvalue weighted by Gasteiger charge is 2.43. The fraction of sp³-hybridized carbons (Fsp3) is 0.588. The van der Waals surface area contributed by atoms with Gasteiger partial charge in [0.1, 0.15) is 12.2 Å². The molecule has 1 aliphatic rings. The molecule has 25 heavy (non-hydrogen) atoms. The minimum Gasteiger partial charge on any atom is -0.388 e. The van der Waals surface area contributed by atoms with Crippen LogP contribution >= 0.6 is 6.89 Å². The van der Waals surface area contributed by atoms with Crippen molar-refractivity contribution in [3.05, 3.63) is 45.3 Å². The van der Waals surface area contributed by atoms with E-state index in [1.807, 2.05) is 0 Å². The molecule has 1 saturated heterocycles. The van der Waals surface area contributed by atoms with E-state index in [9.17, 15) is 19.8 Å². The lowest BCUT2D eigenvalue weighted by Crippen LogP contribution is -2.38. The van der Waals surface area contributed by atoms with Gasteiger partial charge in [-0.3, -0.25) is 14.3 Å². The van der Waals surface area contributed by atoms with Crippen molar-refractivity contribution in [3.8, 4) is 0 Å². The highest BCUT2D eigenvalue weighted by molar-refractivity contribution is 7.72. The molecule has 1 aliphatic heterocycles. The molecule has 0 amide bonds. The Labute approximate surface area is 146 Å². The van der Waals surface area contributed by atoms with E-state index in [0.717, 1.165) is 10.7 Å². The highest BCUT2D eigenvalue weighted by atomic mass is 31.2. The van der Waals surface area contributed by atoms with Crippen LogP contribution < -0.4 is 11.2 Å². The molecule has 0 aromatic carbocycles. The van der Waals surface area contributed by atoms with Crippen LogP contribution in [0.2, 0.25) is 0 Å². The van der Waals surface area contributed by atoms with Gasteiger partial charge in [0.15, 0.2) is 6.23 Å². The van der Waals surface area contributed by atoms with Crippen LogP contribution in [0.1, 0.15) is 24.6 Å². The molecule has 7 nitrogen and oxygen atoms in total. The highest BCUT2D eigenvalue weighted by Crippen LogP contribution is 2.39. The molecular formula is C17H27N2O5P. The predicted octanol–water partition coefficient (Wildman–Crippen LogP) is 0.374. The Morgan fingerprint density at radius 1 is 1.36 bits per heavy atom. The van der Waals surface area contributed by atoms with Gasteiger partial charge in [0.05, 0.1) is 6.10 Å². The number of ether oxygens (including phenoxy) is 1. The van der Waals surface area contributed by atoms with Crippen molar-refractivity contribution in [3.63, 3.8) is 0 Å². The lowest BCUT2D eigenvalue weighted by atomic mass is 10.1. The summed E-state index contributed by atoms with van der Waals surface area (Å²) in [4.78, 5) is 26.3. The molecule has 0 spiro atoms. The number of aryl methyl sites for hydroxylation is 1. The fourth-order valence-corrected chi connectivity index (χ4v) is 3.78. The number of rotatable bonds is 7. The largest absolute Gasteiger partial charge is 0.388 e. The number of hydrogen-bond donors (Lipinski definition) is 3. The lowest BCUT2D eigenvalue weighted by molar-refractivity contribution is -0.0404. The Balaban J connectivity index is 2.26. The molecule has 1 fully saturated rings. The smallest absolute Gasteiger partial charge is 0.330 e. The van der Waals surface area contributed by atoms with Crippen LogP contribution in [0.15, 0.2) is 28.4 Å². The maximum Gasteiger partial charge on any atom is 0.330 e. The number of aromatic nitrogens is 2. The Morgan fingerprint density at radius 3 is 2.64 bits per heavy atom. The molecule has 8 heteroatoms. The molecule has 4 atom stereocenters. The normalized spacial score (nSPS) is 26.7. The number of H-pyrrole nitrogens is 1. The van der Waals surface area contributed by atoms with Gasteiger partial charge in [-0.2, -0.15) is 0 Å². The van der Waals surface area contributed by atoms with Crippen molar-refractivity contribution >= 4 is 13.2 Å². The Hall–Kier alpha value is -1.40. The summed E-state index contributed by atoms with van der Waals surface area (Å²) in [5.74, 6) is 0. The molecular weight excluding hydrogens is 343 g/mol. The fourth-order valence-electron chi connectivity index (χ4n) is 2.83. The van der Waals surface area contributed by atoms with Crippen LogP contribution in [0.4, 0.5) is 0 Å². The molecule has 2 rings (SSSR count). The second-order valence-electron chi connectivity index (χ2n) is 7.14. The van der Waals surface area contributed by atoms with Gasteiger partial charge in [0.2, 0.25) is 0 Å². The molecule has 3 N–H and O–H groups in total. The third-order valence-corrected chi connectivity index (χ3v) is 5.76. The van der Waals surface area contributed by atoms with E-state index in [4.69, 9.17) is 4.74 Å². The van der Waals surface area contributed by atoms with E-state index >= 15 is 0 Å². The van der Waals surface area contributed by atoms with Crippen LogP contribution in [0, 0.1) is 0 Å². The standard InChI is InChI=1S/C17H27N2O5P/c1-5-6-7-11-10-19(17(23)18-15(11)22)16-14(21)13(20)12(24-16)8-9-25(2,3)4/h5,10,12-14,16,20-21H,1-2,6-9H2,3-4H3,(H,18,22,23)/t12-,13-,14-,16-/m1/s1. The molecule has 0 bridgehead atoms. The first-order valence-corrected chi connectivity index (χ1v) is 11.3. The first kappa shape index (κ1) is 19.9. The molecule has 140 valence electrons. The van der Waals surface area contributed by atoms with Gasteiger partial charge in [-0.05, 0) is 38.8 Å². The summed E-state index contributed by atoms with van der Waals surface area (Å²) in [5, 5.41) is 20.6. The van der Waals surface area contributed by atoms with Gasteiger partial charge in [-0.15, -0.1) is 19.8 Å². The molecule has 0 radical (unpaired) electrons. The van der Waals surface area contributed by atoms with Gasteiger partial charge < -0.3 is 14.9 Å². The maximum atomic E-state index is 12.1. The average Bonchev–Trinajstić information content (AvgIpc) is 2.80. The summed E-state index contributed by atoms with van der Waals surface area (Å²) in [5.41, 5.74) is -0.733. The van der Waals surface area contributed by atoms with Crippen LogP contribution in [0.3, 0.4) is 0 Å². The van der Waals surface area contributed by atoms with E-state index in [-0.39, 0.29) is 0 Å². The van der Waals surface area contributed by atoms with Crippen LogP contribution in [0.25, 0.3) is 0 Å². The number of aromatic amines is 1. The summed E-state index contributed by atoms with van der Waals surface area (Å²) in [6.45, 7) is 6.49. The lowest BCUT2D eigenvalue weighted by Gasteiger charge is -2.19. The third kappa shape index (κ3) is 4.82. The zero-order chi connectivity index (χ0) is 18.8. The minimum absolute atomic E-state index is 0.401. The van der Waals surface area contributed by atoms with Crippen LogP contribution in [0.5, 0.6) is 0 Å². The minimum atomic E-state index is -1.29. The van der Waals surface area contributed by atoms with Gasteiger partial charge in [-0.1, -0.05) is 6.08 Å². The van der Waals surface area contributed by atoms with Gasteiger partial charge in [0.25, 0.3) is 5.56 Å². The van der Waals surface area contributed by atoms with Crippen LogP contribution in [-0.4, -0.2) is 63.9 Å². The van der Waals surface area contributed by atoms with E-state index in [2.05, 4.69) is 31.2 Å². The molecule has 2 heterocycles. The zero-order valence-corrected chi connectivity index (χ0v) is 15.6. The Bertz CT molecular complexity index is 778. The van der Waals surface area contributed by atoms with E-state index in [1.54, 1.807) is 6.08 Å². The molecule has 1 aromatic heterocycles. The molecule has 1 aromatic rings. The summed E-state index contributed by atoms with van der Waals surface area (Å²) in [6.07, 6.45) is 5.63. The summed E-state index contributed by atoms with van der Waals surface area (Å²) < 4.78 is 6.91.